The van der Waals surface area contributed by atoms with E-state index in [9.17, 15) is 18.9 Å². The Kier molecular flexibility index (Phi) is 4.22. The first kappa shape index (κ1) is 14.6. The van der Waals surface area contributed by atoms with Crippen molar-refractivity contribution in [2.75, 3.05) is 5.43 Å². The van der Waals surface area contributed by atoms with E-state index in [-0.39, 0.29) is 5.69 Å². The number of nitro benzene ring substituents is 1. The van der Waals surface area contributed by atoms with Crippen molar-refractivity contribution in [3.63, 3.8) is 0 Å². The lowest BCUT2D eigenvalue weighted by atomic mass is 10.1. The fourth-order valence-corrected chi connectivity index (χ4v) is 1.59. The van der Waals surface area contributed by atoms with Gasteiger partial charge in [0.25, 0.3) is 5.69 Å². The van der Waals surface area contributed by atoms with Gasteiger partial charge < -0.3 is 0 Å². The van der Waals surface area contributed by atoms with Crippen LogP contribution in [0.4, 0.5) is 20.2 Å². The Hall–Kier alpha value is -2.83. The molecule has 5 nitrogen and oxygen atoms in total. The minimum absolute atomic E-state index is 0.0261. The second-order valence-electron chi connectivity index (χ2n) is 4.24. The van der Waals surface area contributed by atoms with Crippen molar-refractivity contribution in [1.29, 1.82) is 0 Å². The predicted molar refractivity (Wildman–Crippen MR) is 75.3 cm³/mol. The summed E-state index contributed by atoms with van der Waals surface area (Å²) in [5.74, 6) is -1.87. The van der Waals surface area contributed by atoms with Crippen LogP contribution in [0.3, 0.4) is 0 Å². The molecular formula is C14H11F2N3O2. The number of benzene rings is 2. The van der Waals surface area contributed by atoms with E-state index in [0.29, 0.717) is 17.0 Å². The summed E-state index contributed by atoms with van der Waals surface area (Å²) in [5, 5.41) is 14.5. The van der Waals surface area contributed by atoms with Crippen LogP contribution in [0.15, 0.2) is 47.6 Å². The van der Waals surface area contributed by atoms with Crippen molar-refractivity contribution < 1.29 is 13.7 Å². The molecule has 0 aliphatic heterocycles. The zero-order chi connectivity index (χ0) is 15.4. The molecule has 0 fully saturated rings. The van der Waals surface area contributed by atoms with E-state index < -0.39 is 16.6 Å². The summed E-state index contributed by atoms with van der Waals surface area (Å²) < 4.78 is 25.9. The number of hydrazone groups is 1. The highest BCUT2D eigenvalue weighted by molar-refractivity contribution is 5.99. The van der Waals surface area contributed by atoms with Crippen LogP contribution in [-0.2, 0) is 0 Å². The van der Waals surface area contributed by atoms with Crippen molar-refractivity contribution in [2.45, 2.75) is 6.92 Å². The van der Waals surface area contributed by atoms with Crippen LogP contribution in [0, 0.1) is 21.7 Å². The molecular weight excluding hydrogens is 280 g/mol. The molecule has 2 rings (SSSR count). The fourth-order valence-electron chi connectivity index (χ4n) is 1.59. The third-order valence-electron chi connectivity index (χ3n) is 2.77. The largest absolute Gasteiger partial charge is 0.278 e. The van der Waals surface area contributed by atoms with Gasteiger partial charge in [-0.05, 0) is 37.3 Å². The van der Waals surface area contributed by atoms with Crippen LogP contribution < -0.4 is 5.43 Å². The van der Waals surface area contributed by atoms with Crippen LogP contribution in [0.2, 0.25) is 0 Å². The van der Waals surface area contributed by atoms with Gasteiger partial charge in [-0.3, -0.25) is 15.5 Å². The van der Waals surface area contributed by atoms with E-state index in [1.54, 1.807) is 6.92 Å². The molecule has 21 heavy (non-hydrogen) atoms. The van der Waals surface area contributed by atoms with Crippen LogP contribution in [0.25, 0.3) is 0 Å². The summed E-state index contributed by atoms with van der Waals surface area (Å²) in [6.45, 7) is 1.63. The third kappa shape index (κ3) is 3.59. The van der Waals surface area contributed by atoms with Crippen molar-refractivity contribution in [2.24, 2.45) is 5.10 Å². The molecule has 0 saturated heterocycles. The Bertz CT molecular complexity index is 700. The summed E-state index contributed by atoms with van der Waals surface area (Å²) in [6, 6.07) is 9.16. The summed E-state index contributed by atoms with van der Waals surface area (Å²) in [4.78, 5) is 10.0. The minimum atomic E-state index is -0.947. The molecule has 0 aromatic heterocycles. The molecule has 2 aromatic carbocycles. The second-order valence-corrected chi connectivity index (χ2v) is 4.24. The van der Waals surface area contributed by atoms with Crippen LogP contribution >= 0.6 is 0 Å². The fraction of sp³-hybridized carbons (Fsp3) is 0.0714. The maximum atomic E-state index is 13.1. The van der Waals surface area contributed by atoms with Gasteiger partial charge in [-0.25, -0.2) is 8.78 Å². The first-order chi connectivity index (χ1) is 9.97. The molecule has 0 aliphatic carbocycles. The summed E-state index contributed by atoms with van der Waals surface area (Å²) in [5.41, 5.74) is 4.10. The molecule has 7 heteroatoms. The lowest BCUT2D eigenvalue weighted by Gasteiger charge is -2.04. The minimum Gasteiger partial charge on any atom is -0.278 e. The number of hydrogen-bond acceptors (Lipinski definition) is 4. The Labute approximate surface area is 119 Å². The van der Waals surface area contributed by atoms with Gasteiger partial charge in [0.05, 0.1) is 16.3 Å². The number of nitro groups is 1. The molecule has 0 unspecified atom stereocenters. The van der Waals surface area contributed by atoms with E-state index in [2.05, 4.69) is 10.5 Å². The van der Waals surface area contributed by atoms with Gasteiger partial charge in [-0.15, -0.1) is 0 Å². The number of halogens is 2. The Morgan fingerprint density at radius 3 is 2.38 bits per heavy atom. The summed E-state index contributed by atoms with van der Waals surface area (Å²) in [6.07, 6.45) is 0. The standard InChI is InChI=1S/C14H11F2N3O2/c1-9(10-2-7-13(15)14(16)8-10)17-18-11-3-5-12(6-4-11)19(20)21/h2-8,18H,1H3/b17-9+. The molecule has 0 amide bonds. The molecule has 2 aromatic rings. The van der Waals surface area contributed by atoms with Crippen molar-refractivity contribution >= 4 is 17.1 Å². The van der Waals surface area contributed by atoms with E-state index >= 15 is 0 Å². The van der Waals surface area contributed by atoms with Crippen LogP contribution in [0.1, 0.15) is 12.5 Å². The molecule has 0 spiro atoms. The maximum absolute atomic E-state index is 13.1. The van der Waals surface area contributed by atoms with Crippen molar-refractivity contribution in [3.8, 4) is 0 Å². The zero-order valence-electron chi connectivity index (χ0n) is 11.0. The van der Waals surface area contributed by atoms with Gasteiger partial charge in [0.15, 0.2) is 11.6 Å². The number of rotatable bonds is 4. The molecule has 108 valence electrons. The third-order valence-corrected chi connectivity index (χ3v) is 2.77. The first-order valence-electron chi connectivity index (χ1n) is 5.97. The highest BCUT2D eigenvalue weighted by Crippen LogP contribution is 2.16. The van der Waals surface area contributed by atoms with E-state index in [4.69, 9.17) is 0 Å². The predicted octanol–water partition coefficient (Wildman–Crippen LogP) is 3.71. The quantitative estimate of drug-likeness (QED) is 0.530. The lowest BCUT2D eigenvalue weighted by molar-refractivity contribution is -0.384. The molecule has 0 bridgehead atoms. The Morgan fingerprint density at radius 2 is 1.81 bits per heavy atom. The molecule has 1 N–H and O–H groups in total. The molecule has 0 radical (unpaired) electrons. The number of nitrogens with zero attached hydrogens (tertiary/aromatic N) is 2. The Morgan fingerprint density at radius 1 is 1.14 bits per heavy atom. The first-order valence-corrected chi connectivity index (χ1v) is 5.97. The van der Waals surface area contributed by atoms with Crippen LogP contribution in [-0.4, -0.2) is 10.6 Å². The number of hydrogen-bond donors (Lipinski definition) is 1. The van der Waals surface area contributed by atoms with Crippen molar-refractivity contribution in [1.82, 2.24) is 0 Å². The average molecular weight is 291 g/mol. The van der Waals surface area contributed by atoms with Crippen LogP contribution in [0.5, 0.6) is 0 Å². The average Bonchev–Trinajstić information content (AvgIpc) is 2.48. The molecule has 0 atom stereocenters. The zero-order valence-corrected chi connectivity index (χ0v) is 11.0. The molecule has 0 aliphatic rings. The topological polar surface area (TPSA) is 67.5 Å². The number of non-ortho nitro benzene ring substituents is 1. The van der Waals surface area contributed by atoms with E-state index in [0.717, 1.165) is 12.1 Å². The van der Waals surface area contributed by atoms with Gasteiger partial charge >= 0.3 is 0 Å². The molecule has 0 heterocycles. The monoisotopic (exact) mass is 291 g/mol. The SMILES string of the molecule is C/C(=N\Nc1ccc([N+](=O)[O-])cc1)c1ccc(F)c(F)c1. The van der Waals surface area contributed by atoms with Crippen molar-refractivity contribution in [3.05, 3.63) is 69.8 Å². The molecule has 0 saturated carbocycles. The number of nitrogens with one attached hydrogen (secondary N) is 1. The van der Waals surface area contributed by atoms with Gasteiger partial charge in [-0.2, -0.15) is 5.10 Å². The Balaban J connectivity index is 2.12. The van der Waals surface area contributed by atoms with Gasteiger partial charge in [-0.1, -0.05) is 0 Å². The maximum Gasteiger partial charge on any atom is 0.269 e. The van der Waals surface area contributed by atoms with Gasteiger partial charge in [0.1, 0.15) is 0 Å². The van der Waals surface area contributed by atoms with E-state index in [1.165, 1.54) is 30.3 Å². The highest BCUT2D eigenvalue weighted by Gasteiger charge is 2.05. The highest BCUT2D eigenvalue weighted by atomic mass is 19.2. The number of anilines is 1. The summed E-state index contributed by atoms with van der Waals surface area (Å²) >= 11 is 0. The normalized spacial score (nSPS) is 11.3. The summed E-state index contributed by atoms with van der Waals surface area (Å²) in [7, 11) is 0. The smallest absolute Gasteiger partial charge is 0.269 e. The second kappa shape index (κ2) is 6.08. The van der Waals surface area contributed by atoms with Gasteiger partial charge in [0.2, 0.25) is 0 Å². The van der Waals surface area contributed by atoms with Gasteiger partial charge in [0, 0.05) is 17.7 Å². The lowest BCUT2D eigenvalue weighted by Crippen LogP contribution is -2.01. The van der Waals surface area contributed by atoms with E-state index in [1.807, 2.05) is 0 Å².